The maximum atomic E-state index is 11.4. The summed E-state index contributed by atoms with van der Waals surface area (Å²) in [5.74, 6) is -0.929. The Bertz CT molecular complexity index is 725. The van der Waals surface area contributed by atoms with E-state index >= 15 is 0 Å². The number of ether oxygens (including phenoxy) is 1. The average molecular weight is 827 g/mol. The van der Waals surface area contributed by atoms with Gasteiger partial charge in [0.15, 0.2) is 0 Å². The Hall–Kier alpha value is -1.38. The molecule has 1 unspecified atom stereocenters. The predicted molar refractivity (Wildman–Crippen MR) is 231 cm³/mol. The second-order valence-corrected chi connectivity index (χ2v) is 15.4. The second kappa shape index (κ2) is 56.7. The molecule has 0 fully saturated rings. The fourth-order valence-corrected chi connectivity index (χ4v) is 5.72. The SMILES string of the molecule is CCCCCCCCCCCCCCCCCC(=O)O.CCCCCCCCCCCCCCCCCC(=O)OCC(O)CO.OCC(O)CO.OCC(O)CO. The predicted octanol–water partition coefficient (Wildman–Crippen LogP) is 8.14. The van der Waals surface area contributed by atoms with Crippen molar-refractivity contribution in [3.63, 3.8) is 0 Å². The fraction of sp³-hybridized carbons (Fsp3) is 0.956. The number of carbonyl (C=O) groups is 2. The van der Waals surface area contributed by atoms with Crippen LogP contribution in [0.15, 0.2) is 0 Å². The first-order chi connectivity index (χ1) is 27.6. The van der Waals surface area contributed by atoms with Crippen LogP contribution in [-0.2, 0) is 14.3 Å². The van der Waals surface area contributed by atoms with Gasteiger partial charge in [-0.05, 0) is 12.8 Å². The van der Waals surface area contributed by atoms with Crippen molar-refractivity contribution in [1.82, 2.24) is 0 Å². The molecule has 9 N–H and O–H groups in total. The molecule has 0 aromatic heterocycles. The van der Waals surface area contributed by atoms with Gasteiger partial charge in [0.25, 0.3) is 0 Å². The molecule has 0 aliphatic carbocycles. The molecular formula is C45H94O12. The molecule has 0 amide bonds. The van der Waals surface area contributed by atoms with Gasteiger partial charge < -0.3 is 50.7 Å². The maximum absolute atomic E-state index is 11.4. The van der Waals surface area contributed by atoms with E-state index in [0.29, 0.717) is 12.8 Å². The number of esters is 1. The molecule has 12 heteroatoms. The molecule has 0 aromatic rings. The first-order valence-corrected chi connectivity index (χ1v) is 23.1. The molecule has 57 heavy (non-hydrogen) atoms. The number of aliphatic hydroxyl groups excluding tert-OH is 8. The normalized spacial score (nSPS) is 11.3. The molecule has 0 radical (unpaired) electrons. The van der Waals surface area contributed by atoms with Crippen LogP contribution in [0, 0.1) is 0 Å². The minimum atomic E-state index is -0.954. The van der Waals surface area contributed by atoms with E-state index in [9.17, 15) is 9.59 Å². The zero-order valence-corrected chi connectivity index (χ0v) is 36.9. The molecule has 0 spiro atoms. The number of hydrogen-bond acceptors (Lipinski definition) is 11. The van der Waals surface area contributed by atoms with Gasteiger partial charge in [0.05, 0.1) is 33.0 Å². The summed E-state index contributed by atoms with van der Waals surface area (Å²) in [6, 6.07) is 0. The van der Waals surface area contributed by atoms with Gasteiger partial charge in [0.2, 0.25) is 0 Å². The molecule has 0 saturated carbocycles. The highest BCUT2D eigenvalue weighted by Gasteiger charge is 2.07. The van der Waals surface area contributed by atoms with E-state index in [-0.39, 0.29) is 45.6 Å². The minimum absolute atomic E-state index is 0.103. The summed E-state index contributed by atoms with van der Waals surface area (Å²) in [7, 11) is 0. The number of carbonyl (C=O) groups excluding carboxylic acids is 1. The Morgan fingerprint density at radius 2 is 0.596 bits per heavy atom. The van der Waals surface area contributed by atoms with Crippen molar-refractivity contribution in [2.45, 2.75) is 238 Å². The molecule has 0 aliphatic rings. The Kier molecular flexibility index (Phi) is 62.0. The molecule has 0 rings (SSSR count). The largest absolute Gasteiger partial charge is 0.481 e. The molecule has 12 nitrogen and oxygen atoms in total. The zero-order valence-electron chi connectivity index (χ0n) is 36.9. The third kappa shape index (κ3) is 66.7. The lowest BCUT2D eigenvalue weighted by Crippen LogP contribution is -2.21. The van der Waals surface area contributed by atoms with Crippen LogP contribution in [0.5, 0.6) is 0 Å². The summed E-state index contributed by atoms with van der Waals surface area (Å²) in [6.07, 6.45) is 37.3. The van der Waals surface area contributed by atoms with Crippen molar-refractivity contribution in [3.8, 4) is 0 Å². The van der Waals surface area contributed by atoms with E-state index in [1.54, 1.807) is 0 Å². The Labute approximate surface area is 348 Å². The van der Waals surface area contributed by atoms with Crippen molar-refractivity contribution in [1.29, 1.82) is 0 Å². The van der Waals surface area contributed by atoms with Crippen molar-refractivity contribution in [2.75, 3.05) is 39.6 Å². The minimum Gasteiger partial charge on any atom is -0.481 e. The lowest BCUT2D eigenvalue weighted by Gasteiger charge is -2.08. The summed E-state index contributed by atoms with van der Waals surface area (Å²) in [4.78, 5) is 21.7. The van der Waals surface area contributed by atoms with Gasteiger partial charge in [0.1, 0.15) is 24.9 Å². The van der Waals surface area contributed by atoms with Crippen LogP contribution in [0.4, 0.5) is 0 Å². The maximum Gasteiger partial charge on any atom is 0.305 e. The molecule has 346 valence electrons. The monoisotopic (exact) mass is 827 g/mol. The van der Waals surface area contributed by atoms with Crippen LogP contribution in [0.2, 0.25) is 0 Å². The number of carboxylic acid groups (broad SMARTS) is 1. The van der Waals surface area contributed by atoms with Crippen molar-refractivity contribution >= 4 is 11.9 Å². The van der Waals surface area contributed by atoms with E-state index in [0.717, 1.165) is 25.7 Å². The van der Waals surface area contributed by atoms with Crippen molar-refractivity contribution < 1.29 is 60.3 Å². The summed E-state index contributed by atoms with van der Waals surface area (Å²) >= 11 is 0. The second-order valence-electron chi connectivity index (χ2n) is 15.4. The van der Waals surface area contributed by atoms with Gasteiger partial charge in [-0.1, -0.05) is 194 Å². The van der Waals surface area contributed by atoms with Gasteiger partial charge in [-0.25, -0.2) is 0 Å². The number of aliphatic carboxylic acids is 1. The molecule has 0 saturated heterocycles. The molecule has 0 aromatic carbocycles. The molecule has 0 heterocycles. The third-order valence-corrected chi connectivity index (χ3v) is 9.47. The first kappa shape index (κ1) is 62.3. The number of rotatable bonds is 39. The first-order valence-electron chi connectivity index (χ1n) is 23.1. The van der Waals surface area contributed by atoms with Gasteiger partial charge in [-0.15, -0.1) is 0 Å². The molecule has 0 bridgehead atoms. The summed E-state index contributed by atoms with van der Waals surface area (Å²) in [5, 5.41) is 74.3. The van der Waals surface area contributed by atoms with E-state index < -0.39 is 24.3 Å². The molecule has 1 atom stereocenters. The van der Waals surface area contributed by atoms with E-state index in [2.05, 4.69) is 13.8 Å². The quantitative estimate of drug-likeness (QED) is 0.0212. The van der Waals surface area contributed by atoms with Crippen LogP contribution in [0.3, 0.4) is 0 Å². The van der Waals surface area contributed by atoms with Crippen molar-refractivity contribution in [2.24, 2.45) is 0 Å². The smallest absolute Gasteiger partial charge is 0.305 e. The summed E-state index contributed by atoms with van der Waals surface area (Å²) in [6.45, 7) is 2.60. The molecule has 0 aliphatic heterocycles. The Morgan fingerprint density at radius 1 is 0.368 bits per heavy atom. The summed E-state index contributed by atoms with van der Waals surface area (Å²) < 4.78 is 4.86. The Balaban J connectivity index is -0.000000387. The highest BCUT2D eigenvalue weighted by Crippen LogP contribution is 2.15. The fourth-order valence-electron chi connectivity index (χ4n) is 5.72. The standard InChI is InChI=1S/C21H42O4.C18H36O2.2C3H8O3/c1-2-3-4-5-6-7-8-9-10-11-12-13-14-15-16-17-21(24)25-19-20(23)18-22;1-2-3-4-5-6-7-8-9-10-11-12-13-14-15-16-17-18(19)20;2*4-1-3(6)2-5/h20,22-23H,2-19H2,1H3;2-17H2,1H3,(H,19,20);2*3-6H,1-2H2. The van der Waals surface area contributed by atoms with Crippen LogP contribution in [-0.4, -0.2) is 116 Å². The van der Waals surface area contributed by atoms with Gasteiger partial charge in [0, 0.05) is 12.8 Å². The van der Waals surface area contributed by atoms with Crippen LogP contribution >= 0.6 is 0 Å². The molecular weight excluding hydrogens is 732 g/mol. The highest BCUT2D eigenvalue weighted by molar-refractivity contribution is 5.69. The Morgan fingerprint density at radius 3 is 0.807 bits per heavy atom. The number of unbranched alkanes of at least 4 members (excludes halogenated alkanes) is 28. The van der Waals surface area contributed by atoms with Crippen LogP contribution in [0.1, 0.15) is 219 Å². The third-order valence-electron chi connectivity index (χ3n) is 9.47. The van der Waals surface area contributed by atoms with E-state index in [4.69, 9.17) is 50.7 Å². The van der Waals surface area contributed by atoms with E-state index in [1.165, 1.54) is 167 Å². The van der Waals surface area contributed by atoms with Gasteiger partial charge in [-0.2, -0.15) is 0 Å². The number of carboxylic acids is 1. The highest BCUT2D eigenvalue weighted by atomic mass is 16.5. The van der Waals surface area contributed by atoms with Crippen LogP contribution in [0.25, 0.3) is 0 Å². The van der Waals surface area contributed by atoms with E-state index in [1.807, 2.05) is 0 Å². The lowest BCUT2D eigenvalue weighted by atomic mass is 10.0. The zero-order chi connectivity index (χ0) is 43.5. The topological polar surface area (TPSA) is 225 Å². The number of aliphatic hydroxyl groups is 8. The van der Waals surface area contributed by atoms with Gasteiger partial charge >= 0.3 is 11.9 Å². The van der Waals surface area contributed by atoms with Crippen molar-refractivity contribution in [3.05, 3.63) is 0 Å². The lowest BCUT2D eigenvalue weighted by molar-refractivity contribution is -0.147. The average Bonchev–Trinajstić information content (AvgIpc) is 3.22. The number of hydrogen-bond donors (Lipinski definition) is 9. The summed E-state index contributed by atoms with van der Waals surface area (Å²) in [5.41, 5.74) is 0. The van der Waals surface area contributed by atoms with Crippen LogP contribution < -0.4 is 0 Å². The van der Waals surface area contributed by atoms with Gasteiger partial charge in [-0.3, -0.25) is 9.59 Å².